The predicted octanol–water partition coefficient (Wildman–Crippen LogP) is 2.07. The van der Waals surface area contributed by atoms with Crippen molar-refractivity contribution in [2.24, 2.45) is 5.92 Å². The molecule has 5 nitrogen and oxygen atoms in total. The van der Waals surface area contributed by atoms with Crippen LogP contribution in [0.15, 0.2) is 23.0 Å². The number of hydrogen-bond acceptors (Lipinski definition) is 3. The standard InChI is InChI=1S/C17H26N4O/c1-12(2)21-7-5-13(6-8-21)10-18-11-14-3-4-15-16(9-14)20-17(22)19-15/h3-4,9,12-13,18H,5-8,10-11H2,1-2H3,(H2,19,20,22). The summed E-state index contributed by atoms with van der Waals surface area (Å²) in [6, 6.07) is 6.75. The Kier molecular flexibility index (Phi) is 4.64. The summed E-state index contributed by atoms with van der Waals surface area (Å²) in [7, 11) is 0. The highest BCUT2D eigenvalue weighted by Gasteiger charge is 2.20. The highest BCUT2D eigenvalue weighted by atomic mass is 16.1. The Bertz CT molecular complexity index is 665. The van der Waals surface area contributed by atoms with Gasteiger partial charge in [-0.15, -0.1) is 0 Å². The summed E-state index contributed by atoms with van der Waals surface area (Å²) in [6.07, 6.45) is 2.57. The highest BCUT2D eigenvalue weighted by molar-refractivity contribution is 5.74. The van der Waals surface area contributed by atoms with Crippen LogP contribution in [0, 0.1) is 5.92 Å². The molecular formula is C17H26N4O. The molecular weight excluding hydrogens is 276 g/mol. The molecule has 0 aliphatic carbocycles. The molecule has 0 saturated carbocycles. The largest absolute Gasteiger partial charge is 0.323 e. The lowest BCUT2D eigenvalue weighted by Gasteiger charge is -2.34. The molecule has 1 saturated heterocycles. The molecule has 1 fully saturated rings. The normalized spacial score (nSPS) is 17.6. The van der Waals surface area contributed by atoms with Crippen molar-refractivity contribution >= 4 is 11.0 Å². The number of imidazole rings is 1. The Morgan fingerprint density at radius 3 is 2.68 bits per heavy atom. The summed E-state index contributed by atoms with van der Waals surface area (Å²) in [6.45, 7) is 8.93. The van der Waals surface area contributed by atoms with E-state index in [9.17, 15) is 4.79 Å². The van der Waals surface area contributed by atoms with Crippen LogP contribution in [0.3, 0.4) is 0 Å². The number of H-pyrrole nitrogens is 2. The molecule has 1 aliphatic heterocycles. The first-order valence-corrected chi connectivity index (χ1v) is 8.27. The fraction of sp³-hybridized carbons (Fsp3) is 0.588. The fourth-order valence-electron chi connectivity index (χ4n) is 3.28. The summed E-state index contributed by atoms with van der Waals surface area (Å²) in [5.74, 6) is 0.783. The third kappa shape index (κ3) is 3.59. The lowest BCUT2D eigenvalue weighted by Crippen LogP contribution is -2.40. The van der Waals surface area contributed by atoms with E-state index in [1.54, 1.807) is 0 Å². The first kappa shape index (κ1) is 15.3. The monoisotopic (exact) mass is 302 g/mol. The maximum absolute atomic E-state index is 11.3. The van der Waals surface area contributed by atoms with E-state index in [0.717, 1.165) is 30.0 Å². The molecule has 0 radical (unpaired) electrons. The molecule has 0 bridgehead atoms. The van der Waals surface area contributed by atoms with Gasteiger partial charge in [-0.05, 0) is 69.9 Å². The Hall–Kier alpha value is -1.59. The molecule has 22 heavy (non-hydrogen) atoms. The average molecular weight is 302 g/mol. The van der Waals surface area contributed by atoms with Crippen LogP contribution in [0.2, 0.25) is 0 Å². The van der Waals surface area contributed by atoms with Crippen molar-refractivity contribution in [1.29, 1.82) is 0 Å². The second-order valence-electron chi connectivity index (χ2n) is 6.66. The van der Waals surface area contributed by atoms with E-state index < -0.39 is 0 Å². The summed E-state index contributed by atoms with van der Waals surface area (Å²) in [4.78, 5) is 19.4. The number of rotatable bonds is 5. The zero-order valence-electron chi connectivity index (χ0n) is 13.5. The van der Waals surface area contributed by atoms with Crippen molar-refractivity contribution in [2.75, 3.05) is 19.6 Å². The fourth-order valence-corrected chi connectivity index (χ4v) is 3.28. The van der Waals surface area contributed by atoms with Gasteiger partial charge in [-0.1, -0.05) is 6.07 Å². The van der Waals surface area contributed by atoms with Crippen LogP contribution in [0.1, 0.15) is 32.3 Å². The van der Waals surface area contributed by atoms with Crippen molar-refractivity contribution < 1.29 is 0 Å². The summed E-state index contributed by atoms with van der Waals surface area (Å²) in [5, 5.41) is 3.57. The van der Waals surface area contributed by atoms with Gasteiger partial charge in [0.15, 0.2) is 0 Å². The topological polar surface area (TPSA) is 63.9 Å². The van der Waals surface area contributed by atoms with Gasteiger partial charge in [-0.3, -0.25) is 0 Å². The van der Waals surface area contributed by atoms with Crippen LogP contribution in [0.25, 0.3) is 11.0 Å². The number of nitrogens with one attached hydrogen (secondary N) is 3. The van der Waals surface area contributed by atoms with E-state index >= 15 is 0 Å². The van der Waals surface area contributed by atoms with Gasteiger partial charge in [-0.2, -0.15) is 0 Å². The first-order valence-electron chi connectivity index (χ1n) is 8.27. The minimum Gasteiger partial charge on any atom is -0.312 e. The number of hydrogen-bond donors (Lipinski definition) is 3. The maximum atomic E-state index is 11.3. The summed E-state index contributed by atoms with van der Waals surface area (Å²) >= 11 is 0. The zero-order valence-corrected chi connectivity index (χ0v) is 13.5. The number of aromatic nitrogens is 2. The van der Waals surface area contributed by atoms with E-state index in [4.69, 9.17) is 0 Å². The summed E-state index contributed by atoms with van der Waals surface area (Å²) < 4.78 is 0. The molecule has 5 heteroatoms. The van der Waals surface area contributed by atoms with E-state index in [1.165, 1.54) is 31.5 Å². The quantitative estimate of drug-likeness (QED) is 0.792. The Balaban J connectivity index is 1.47. The van der Waals surface area contributed by atoms with Gasteiger partial charge in [0, 0.05) is 12.6 Å². The van der Waals surface area contributed by atoms with Crippen LogP contribution in [-0.4, -0.2) is 40.5 Å². The second-order valence-corrected chi connectivity index (χ2v) is 6.66. The minimum absolute atomic E-state index is 0.142. The minimum atomic E-state index is -0.142. The van der Waals surface area contributed by atoms with Gasteiger partial charge in [-0.25, -0.2) is 4.79 Å². The Morgan fingerprint density at radius 1 is 1.23 bits per heavy atom. The number of nitrogens with zero attached hydrogens (tertiary/aromatic N) is 1. The lowest BCUT2D eigenvalue weighted by atomic mass is 9.96. The van der Waals surface area contributed by atoms with Crippen molar-refractivity contribution in [3.8, 4) is 0 Å². The van der Waals surface area contributed by atoms with Crippen LogP contribution in [-0.2, 0) is 6.54 Å². The summed E-state index contributed by atoms with van der Waals surface area (Å²) in [5.41, 5.74) is 2.82. The predicted molar refractivity (Wildman–Crippen MR) is 90.1 cm³/mol. The van der Waals surface area contributed by atoms with E-state index in [-0.39, 0.29) is 5.69 Å². The van der Waals surface area contributed by atoms with Gasteiger partial charge in [0.05, 0.1) is 11.0 Å². The molecule has 1 aromatic heterocycles. The lowest BCUT2D eigenvalue weighted by molar-refractivity contribution is 0.148. The molecule has 3 rings (SSSR count). The third-order valence-corrected chi connectivity index (χ3v) is 4.72. The van der Waals surface area contributed by atoms with Gasteiger partial charge in [0.1, 0.15) is 0 Å². The SMILES string of the molecule is CC(C)N1CCC(CNCc2ccc3[nH]c(=O)[nH]c3c2)CC1. The van der Waals surface area contributed by atoms with Crippen LogP contribution >= 0.6 is 0 Å². The number of fused-ring (bicyclic) bond motifs is 1. The Morgan fingerprint density at radius 2 is 1.95 bits per heavy atom. The maximum Gasteiger partial charge on any atom is 0.323 e. The van der Waals surface area contributed by atoms with E-state index in [1.807, 2.05) is 12.1 Å². The highest BCUT2D eigenvalue weighted by Crippen LogP contribution is 2.18. The third-order valence-electron chi connectivity index (χ3n) is 4.72. The number of piperidine rings is 1. The molecule has 1 aliphatic rings. The molecule has 0 atom stereocenters. The van der Waals surface area contributed by atoms with Crippen LogP contribution in [0.5, 0.6) is 0 Å². The van der Waals surface area contributed by atoms with Crippen LogP contribution in [0.4, 0.5) is 0 Å². The molecule has 2 aromatic rings. The van der Waals surface area contributed by atoms with E-state index in [2.05, 4.69) is 40.1 Å². The van der Waals surface area contributed by atoms with Crippen molar-refractivity contribution in [1.82, 2.24) is 20.2 Å². The number of benzene rings is 1. The Labute approximate surface area is 131 Å². The van der Waals surface area contributed by atoms with Gasteiger partial charge in [0.2, 0.25) is 0 Å². The second kappa shape index (κ2) is 6.67. The first-order chi connectivity index (χ1) is 10.6. The average Bonchev–Trinajstić information content (AvgIpc) is 2.87. The van der Waals surface area contributed by atoms with Crippen molar-refractivity contribution in [3.63, 3.8) is 0 Å². The van der Waals surface area contributed by atoms with E-state index in [0.29, 0.717) is 6.04 Å². The van der Waals surface area contributed by atoms with Crippen molar-refractivity contribution in [2.45, 2.75) is 39.3 Å². The molecule has 0 amide bonds. The molecule has 0 unspecified atom stereocenters. The van der Waals surface area contributed by atoms with Gasteiger partial charge < -0.3 is 20.2 Å². The number of aromatic amines is 2. The molecule has 0 spiro atoms. The molecule has 1 aromatic carbocycles. The van der Waals surface area contributed by atoms with Crippen LogP contribution < -0.4 is 11.0 Å². The molecule has 120 valence electrons. The van der Waals surface area contributed by atoms with Crippen molar-refractivity contribution in [3.05, 3.63) is 34.2 Å². The van der Waals surface area contributed by atoms with Gasteiger partial charge >= 0.3 is 5.69 Å². The zero-order chi connectivity index (χ0) is 15.5. The molecule has 3 N–H and O–H groups in total. The molecule has 2 heterocycles. The smallest absolute Gasteiger partial charge is 0.312 e. The van der Waals surface area contributed by atoms with Gasteiger partial charge in [0.25, 0.3) is 0 Å². The number of likely N-dealkylation sites (tertiary alicyclic amines) is 1.